The standard InChI is InChI=1S/C14H24F3N3O3Si/c1-10(8-21)19-11-7-18-20(9-23-5-6-24(2,3)4)13(22)12(11)14(15,16)17/h7,10,19,21H,5-6,8-9H2,1-4H3/t10-/m1/s1. The van der Waals surface area contributed by atoms with Crippen molar-refractivity contribution in [2.24, 2.45) is 0 Å². The number of anilines is 1. The summed E-state index contributed by atoms with van der Waals surface area (Å²) in [6.07, 6.45) is -3.91. The van der Waals surface area contributed by atoms with Gasteiger partial charge < -0.3 is 15.2 Å². The van der Waals surface area contributed by atoms with Crippen LogP contribution in [0.15, 0.2) is 11.0 Å². The summed E-state index contributed by atoms with van der Waals surface area (Å²) in [6, 6.07) is 0.192. The van der Waals surface area contributed by atoms with E-state index in [1.165, 1.54) is 6.92 Å². The molecule has 1 aromatic heterocycles. The van der Waals surface area contributed by atoms with Gasteiger partial charge in [-0.1, -0.05) is 19.6 Å². The van der Waals surface area contributed by atoms with Gasteiger partial charge in [0.2, 0.25) is 0 Å². The van der Waals surface area contributed by atoms with Gasteiger partial charge in [0.25, 0.3) is 5.56 Å². The van der Waals surface area contributed by atoms with Crippen molar-refractivity contribution in [1.29, 1.82) is 0 Å². The van der Waals surface area contributed by atoms with Crippen molar-refractivity contribution >= 4 is 13.8 Å². The van der Waals surface area contributed by atoms with Crippen LogP contribution in [-0.2, 0) is 17.6 Å². The molecule has 0 aliphatic rings. The first-order valence-electron chi connectivity index (χ1n) is 7.58. The van der Waals surface area contributed by atoms with Gasteiger partial charge in [-0.15, -0.1) is 0 Å². The second kappa shape index (κ2) is 8.12. The Morgan fingerprint density at radius 2 is 2.04 bits per heavy atom. The highest BCUT2D eigenvalue weighted by molar-refractivity contribution is 6.76. The van der Waals surface area contributed by atoms with Gasteiger partial charge in [-0.05, 0) is 13.0 Å². The Hall–Kier alpha value is -1.39. The molecule has 1 heterocycles. The molecule has 0 aromatic carbocycles. The Bertz CT molecular complexity index is 600. The molecule has 0 saturated heterocycles. The third-order valence-electron chi connectivity index (χ3n) is 3.21. The van der Waals surface area contributed by atoms with E-state index in [0.717, 1.165) is 12.2 Å². The van der Waals surface area contributed by atoms with E-state index in [-0.39, 0.29) is 13.3 Å². The van der Waals surface area contributed by atoms with E-state index in [1.807, 2.05) is 0 Å². The topological polar surface area (TPSA) is 76.4 Å². The molecule has 0 spiro atoms. The highest BCUT2D eigenvalue weighted by atomic mass is 28.3. The molecule has 0 unspecified atom stereocenters. The number of rotatable bonds is 8. The average Bonchev–Trinajstić information content (AvgIpc) is 2.42. The summed E-state index contributed by atoms with van der Waals surface area (Å²) in [5.41, 5.74) is -3.07. The van der Waals surface area contributed by atoms with Crippen molar-refractivity contribution in [1.82, 2.24) is 9.78 Å². The third-order valence-corrected chi connectivity index (χ3v) is 4.92. The van der Waals surface area contributed by atoms with Crippen molar-refractivity contribution in [3.63, 3.8) is 0 Å². The lowest BCUT2D eigenvalue weighted by molar-refractivity contribution is -0.138. The fraction of sp³-hybridized carbons (Fsp3) is 0.714. The number of hydrogen-bond donors (Lipinski definition) is 2. The minimum atomic E-state index is -4.84. The van der Waals surface area contributed by atoms with E-state index in [1.54, 1.807) is 0 Å². The van der Waals surface area contributed by atoms with Gasteiger partial charge in [0.15, 0.2) is 0 Å². The molecule has 0 saturated carbocycles. The van der Waals surface area contributed by atoms with Crippen LogP contribution in [0, 0.1) is 0 Å². The SMILES string of the molecule is C[C@H](CO)Nc1cnn(COCC[Si](C)(C)C)c(=O)c1C(F)(F)F. The van der Waals surface area contributed by atoms with Gasteiger partial charge in [0.1, 0.15) is 12.3 Å². The molecule has 2 N–H and O–H groups in total. The summed E-state index contributed by atoms with van der Waals surface area (Å²) in [5, 5.41) is 15.1. The van der Waals surface area contributed by atoms with Crippen LogP contribution < -0.4 is 10.9 Å². The number of ether oxygens (including phenoxy) is 1. The van der Waals surface area contributed by atoms with Crippen molar-refractivity contribution in [3.8, 4) is 0 Å². The van der Waals surface area contributed by atoms with Crippen LogP contribution in [0.5, 0.6) is 0 Å². The Morgan fingerprint density at radius 3 is 2.54 bits per heavy atom. The first-order valence-corrected chi connectivity index (χ1v) is 11.3. The minimum absolute atomic E-state index is 0.331. The smallest absolute Gasteiger partial charge is 0.394 e. The number of halogens is 3. The Kier molecular flexibility index (Phi) is 6.99. The van der Waals surface area contributed by atoms with Crippen LogP contribution in [0.25, 0.3) is 0 Å². The molecule has 138 valence electrons. The molecule has 0 amide bonds. The summed E-state index contributed by atoms with van der Waals surface area (Å²) in [4.78, 5) is 12.1. The molecule has 0 aliphatic heterocycles. The van der Waals surface area contributed by atoms with Crippen molar-refractivity contribution in [2.45, 2.75) is 51.6 Å². The second-order valence-electron chi connectivity index (χ2n) is 6.81. The number of nitrogens with one attached hydrogen (secondary N) is 1. The highest BCUT2D eigenvalue weighted by Gasteiger charge is 2.38. The van der Waals surface area contributed by atoms with E-state index >= 15 is 0 Å². The Balaban J connectivity index is 2.99. The first-order chi connectivity index (χ1) is 11.0. The zero-order valence-corrected chi connectivity index (χ0v) is 15.3. The van der Waals surface area contributed by atoms with Gasteiger partial charge in [-0.25, -0.2) is 4.68 Å². The van der Waals surface area contributed by atoms with E-state index in [9.17, 15) is 18.0 Å². The van der Waals surface area contributed by atoms with Crippen LogP contribution in [0.1, 0.15) is 12.5 Å². The monoisotopic (exact) mass is 367 g/mol. The zero-order valence-electron chi connectivity index (χ0n) is 14.3. The molecular formula is C14H24F3N3O3Si. The maximum Gasteiger partial charge on any atom is 0.423 e. The minimum Gasteiger partial charge on any atom is -0.394 e. The van der Waals surface area contributed by atoms with Gasteiger partial charge in [-0.3, -0.25) is 4.79 Å². The maximum atomic E-state index is 13.2. The lowest BCUT2D eigenvalue weighted by Gasteiger charge is -2.19. The number of alkyl halides is 3. The molecule has 1 aromatic rings. The molecule has 0 fully saturated rings. The molecule has 0 radical (unpaired) electrons. The maximum absolute atomic E-state index is 13.2. The molecule has 0 aliphatic carbocycles. The third kappa shape index (κ3) is 6.25. The molecule has 0 bridgehead atoms. The van der Waals surface area contributed by atoms with E-state index in [2.05, 4.69) is 30.1 Å². The Labute approximate surface area is 139 Å². The van der Waals surface area contributed by atoms with E-state index < -0.39 is 37.1 Å². The second-order valence-corrected chi connectivity index (χ2v) is 12.4. The normalized spacial score (nSPS) is 13.8. The fourth-order valence-electron chi connectivity index (χ4n) is 1.80. The van der Waals surface area contributed by atoms with Gasteiger partial charge >= 0.3 is 6.18 Å². The molecular weight excluding hydrogens is 343 g/mol. The summed E-state index contributed by atoms with van der Waals surface area (Å²) in [6.45, 7) is 7.59. The van der Waals surface area contributed by atoms with Gasteiger partial charge in [0, 0.05) is 20.7 Å². The average molecular weight is 367 g/mol. The number of nitrogens with zero attached hydrogens (tertiary/aromatic N) is 2. The molecule has 10 heteroatoms. The Morgan fingerprint density at radius 1 is 1.42 bits per heavy atom. The zero-order chi connectivity index (χ0) is 18.5. The van der Waals surface area contributed by atoms with Crippen molar-refractivity contribution < 1.29 is 23.0 Å². The van der Waals surface area contributed by atoms with Crippen LogP contribution in [0.4, 0.5) is 18.9 Å². The lowest BCUT2D eigenvalue weighted by atomic mass is 10.2. The summed E-state index contributed by atoms with van der Waals surface area (Å²) >= 11 is 0. The largest absolute Gasteiger partial charge is 0.423 e. The van der Waals surface area contributed by atoms with Crippen LogP contribution in [0.3, 0.4) is 0 Å². The van der Waals surface area contributed by atoms with Crippen molar-refractivity contribution in [2.75, 3.05) is 18.5 Å². The predicted molar refractivity (Wildman–Crippen MR) is 87.8 cm³/mol. The van der Waals surface area contributed by atoms with Gasteiger partial charge in [-0.2, -0.15) is 18.3 Å². The summed E-state index contributed by atoms with van der Waals surface area (Å²) < 4.78 is 45.6. The summed E-state index contributed by atoms with van der Waals surface area (Å²) in [7, 11) is -1.33. The molecule has 1 atom stereocenters. The molecule has 24 heavy (non-hydrogen) atoms. The lowest BCUT2D eigenvalue weighted by Crippen LogP contribution is -2.34. The summed E-state index contributed by atoms with van der Waals surface area (Å²) in [5.74, 6) is 0. The van der Waals surface area contributed by atoms with Gasteiger partial charge in [0.05, 0.1) is 18.5 Å². The number of aromatic nitrogens is 2. The van der Waals surface area contributed by atoms with Crippen LogP contribution in [0.2, 0.25) is 25.7 Å². The molecule has 6 nitrogen and oxygen atoms in total. The van der Waals surface area contributed by atoms with E-state index in [0.29, 0.717) is 11.3 Å². The highest BCUT2D eigenvalue weighted by Crippen LogP contribution is 2.31. The molecule has 1 rings (SSSR count). The van der Waals surface area contributed by atoms with Crippen LogP contribution >= 0.6 is 0 Å². The quantitative estimate of drug-likeness (QED) is 0.545. The van der Waals surface area contributed by atoms with Crippen LogP contribution in [-0.4, -0.2) is 42.2 Å². The predicted octanol–water partition coefficient (Wildman–Crippen LogP) is 2.37. The fourth-order valence-corrected chi connectivity index (χ4v) is 2.56. The first kappa shape index (κ1) is 20.7. The van der Waals surface area contributed by atoms with E-state index in [4.69, 9.17) is 9.84 Å². The van der Waals surface area contributed by atoms with Crippen molar-refractivity contribution in [3.05, 3.63) is 22.1 Å². The number of hydrogen-bond acceptors (Lipinski definition) is 5. The number of aliphatic hydroxyl groups is 1. The number of aliphatic hydroxyl groups excluding tert-OH is 1.